The molecule has 3 fully saturated rings. The van der Waals surface area contributed by atoms with Gasteiger partial charge in [-0.15, -0.1) is 0 Å². The number of aromatic amines is 1. The third-order valence-electron chi connectivity index (χ3n) is 5.40. The monoisotopic (exact) mass is 382 g/mol. The van der Waals surface area contributed by atoms with E-state index in [4.69, 9.17) is 0 Å². The van der Waals surface area contributed by atoms with Crippen LogP contribution < -0.4 is 5.56 Å². The van der Waals surface area contributed by atoms with Crippen molar-refractivity contribution in [2.24, 2.45) is 5.92 Å². The van der Waals surface area contributed by atoms with Gasteiger partial charge in [-0.05, 0) is 25.7 Å². The number of aryl methyl sites for hydroxylation is 2. The molecule has 0 spiro atoms. The van der Waals surface area contributed by atoms with Gasteiger partial charge in [0.1, 0.15) is 5.82 Å². The van der Waals surface area contributed by atoms with Crippen LogP contribution in [0.4, 0.5) is 0 Å². The molecule has 4 rings (SSSR count). The first-order valence-corrected chi connectivity index (χ1v) is 10.9. The molecule has 0 radical (unpaired) electrons. The Hall–Kier alpha value is -1.74. The minimum atomic E-state index is -3.27. The number of carbonyl (C=O) groups is 1. The minimum Gasteiger partial charge on any atom is -0.338 e. The lowest BCUT2D eigenvalue weighted by Crippen LogP contribution is -2.48. The van der Waals surface area contributed by atoms with Crippen molar-refractivity contribution in [1.82, 2.24) is 19.2 Å². The quantitative estimate of drug-likeness (QED) is 0.793. The summed E-state index contributed by atoms with van der Waals surface area (Å²) in [6, 6.07) is -0.127. The number of H-pyrrole nitrogens is 1. The summed E-state index contributed by atoms with van der Waals surface area (Å²) in [5.41, 5.74) is 0.712. The Morgan fingerprint density at radius 1 is 1.27 bits per heavy atom. The lowest BCUT2D eigenvalue weighted by molar-refractivity contribution is -0.134. The van der Waals surface area contributed by atoms with E-state index in [2.05, 4.69) is 9.97 Å². The Labute approximate surface area is 153 Å². The summed E-state index contributed by atoms with van der Waals surface area (Å²) in [6.07, 6.45) is 3.56. The van der Waals surface area contributed by atoms with Crippen LogP contribution in [0.15, 0.2) is 4.79 Å². The van der Waals surface area contributed by atoms with Gasteiger partial charge in [0.05, 0.1) is 12.7 Å². The number of aromatic nitrogens is 2. The second kappa shape index (κ2) is 7.11. The van der Waals surface area contributed by atoms with Crippen LogP contribution in [0.25, 0.3) is 0 Å². The maximum atomic E-state index is 12.9. The molecule has 1 N–H and O–H groups in total. The molecule has 1 aromatic rings. The number of amides is 1. The molecule has 3 aliphatic rings. The molecule has 1 aromatic heterocycles. The van der Waals surface area contributed by atoms with Crippen molar-refractivity contribution in [3.8, 4) is 0 Å². The summed E-state index contributed by atoms with van der Waals surface area (Å²) in [6.45, 7) is 5.00. The number of sulfonamides is 1. The maximum Gasteiger partial charge on any atom is 0.254 e. The Kier molecular flexibility index (Phi) is 5.21. The summed E-state index contributed by atoms with van der Waals surface area (Å²) in [5, 5.41) is 0. The first-order chi connectivity index (χ1) is 12.2. The SMILES string of the molecule is CCc1nc(C)c(CC(=O)N2C[C@H]3CC[C@@H]2CN(S(C)(=O)=O)C3)c(=O)[nH]1. The molecule has 0 saturated carbocycles. The predicted octanol–water partition coefficient (Wildman–Crippen LogP) is 0.0656. The van der Waals surface area contributed by atoms with Crippen molar-refractivity contribution in [3.05, 3.63) is 27.4 Å². The molecule has 1 amide bonds. The molecule has 9 heteroatoms. The van der Waals surface area contributed by atoms with Crippen molar-refractivity contribution >= 4 is 15.9 Å². The molecule has 0 unspecified atom stereocenters. The van der Waals surface area contributed by atoms with Gasteiger partial charge in [0.25, 0.3) is 5.56 Å². The predicted molar refractivity (Wildman–Crippen MR) is 97.3 cm³/mol. The zero-order valence-electron chi connectivity index (χ0n) is 15.5. The number of fused-ring (bicyclic) bond motifs is 4. The number of hydrogen-bond acceptors (Lipinski definition) is 5. The van der Waals surface area contributed by atoms with Gasteiger partial charge in [0.2, 0.25) is 15.9 Å². The number of nitrogens with zero attached hydrogens (tertiary/aromatic N) is 3. The van der Waals surface area contributed by atoms with Crippen LogP contribution in [0.1, 0.15) is 36.8 Å². The Morgan fingerprint density at radius 2 is 2.00 bits per heavy atom. The second-order valence-electron chi connectivity index (χ2n) is 7.33. The third kappa shape index (κ3) is 3.83. The highest BCUT2D eigenvalue weighted by molar-refractivity contribution is 7.88. The summed E-state index contributed by atoms with van der Waals surface area (Å²) in [5.74, 6) is 0.628. The number of hydrogen-bond donors (Lipinski definition) is 1. The van der Waals surface area contributed by atoms with E-state index in [1.807, 2.05) is 6.92 Å². The molecule has 4 heterocycles. The largest absolute Gasteiger partial charge is 0.338 e. The third-order valence-corrected chi connectivity index (χ3v) is 6.64. The van der Waals surface area contributed by atoms with Crippen LogP contribution in [0.2, 0.25) is 0 Å². The first kappa shape index (κ1) is 19.0. The van der Waals surface area contributed by atoms with Crippen LogP contribution >= 0.6 is 0 Å². The lowest BCUT2D eigenvalue weighted by Gasteiger charge is -2.36. The van der Waals surface area contributed by atoms with E-state index in [0.29, 0.717) is 43.1 Å². The number of piperidine rings is 1. The summed E-state index contributed by atoms with van der Waals surface area (Å²) in [4.78, 5) is 34.0. The normalized spacial score (nSPS) is 23.9. The number of nitrogens with one attached hydrogen (secondary N) is 1. The molecule has 26 heavy (non-hydrogen) atoms. The summed E-state index contributed by atoms with van der Waals surface area (Å²) >= 11 is 0. The molecule has 0 aromatic carbocycles. The van der Waals surface area contributed by atoms with E-state index in [1.165, 1.54) is 10.6 Å². The van der Waals surface area contributed by atoms with Crippen LogP contribution in [0, 0.1) is 12.8 Å². The Morgan fingerprint density at radius 3 is 2.62 bits per heavy atom. The Balaban J connectivity index is 1.80. The molecule has 3 aliphatic heterocycles. The molecule has 2 atom stereocenters. The van der Waals surface area contributed by atoms with Crippen LogP contribution in [0.3, 0.4) is 0 Å². The highest BCUT2D eigenvalue weighted by Crippen LogP contribution is 2.29. The van der Waals surface area contributed by atoms with Crippen molar-refractivity contribution in [2.75, 3.05) is 25.9 Å². The van der Waals surface area contributed by atoms with Gasteiger partial charge in [0.15, 0.2) is 0 Å². The lowest BCUT2D eigenvalue weighted by atomic mass is 9.94. The minimum absolute atomic E-state index is 0.000254. The molecular weight excluding hydrogens is 356 g/mol. The standard InChI is InChI=1S/C17H26N4O4S/c1-4-15-18-11(2)14(17(23)19-15)7-16(22)21-9-12-5-6-13(21)10-20(8-12)26(3,24)25/h12-13H,4-10H2,1-3H3,(H,18,19,23)/t12-,13+/m0/s1. The van der Waals surface area contributed by atoms with Crippen LogP contribution in [-0.2, 0) is 27.7 Å². The average molecular weight is 382 g/mol. The van der Waals surface area contributed by atoms with Gasteiger partial charge in [-0.3, -0.25) is 9.59 Å². The van der Waals surface area contributed by atoms with Gasteiger partial charge in [-0.25, -0.2) is 13.4 Å². The molecule has 2 bridgehead atoms. The summed E-state index contributed by atoms with van der Waals surface area (Å²) < 4.78 is 25.4. The highest BCUT2D eigenvalue weighted by atomic mass is 32.2. The van der Waals surface area contributed by atoms with E-state index in [9.17, 15) is 18.0 Å². The van der Waals surface area contributed by atoms with Crippen molar-refractivity contribution in [3.63, 3.8) is 0 Å². The van der Waals surface area contributed by atoms with E-state index in [0.717, 1.165) is 12.8 Å². The fourth-order valence-corrected chi connectivity index (χ4v) is 4.84. The van der Waals surface area contributed by atoms with Crippen molar-refractivity contribution in [1.29, 1.82) is 0 Å². The zero-order chi connectivity index (χ0) is 19.1. The first-order valence-electron chi connectivity index (χ1n) is 9.02. The molecule has 144 valence electrons. The molecule has 8 nitrogen and oxygen atoms in total. The van der Waals surface area contributed by atoms with Crippen molar-refractivity contribution < 1.29 is 13.2 Å². The van der Waals surface area contributed by atoms with Crippen molar-refractivity contribution in [2.45, 2.75) is 45.6 Å². The number of rotatable bonds is 4. The van der Waals surface area contributed by atoms with E-state index < -0.39 is 10.0 Å². The maximum absolute atomic E-state index is 12.9. The molecule has 0 aliphatic carbocycles. The van der Waals surface area contributed by atoms with Crippen LogP contribution in [0.5, 0.6) is 0 Å². The van der Waals surface area contributed by atoms with Crippen LogP contribution in [-0.4, -0.2) is 65.4 Å². The molecule has 3 saturated heterocycles. The van der Waals surface area contributed by atoms with Gasteiger partial charge in [-0.2, -0.15) is 4.31 Å². The van der Waals surface area contributed by atoms with E-state index in [1.54, 1.807) is 11.8 Å². The fourth-order valence-electron chi connectivity index (χ4n) is 3.91. The fraction of sp³-hybridized carbons (Fsp3) is 0.706. The van der Waals surface area contributed by atoms with E-state index in [-0.39, 0.29) is 29.8 Å². The average Bonchev–Trinajstić information content (AvgIpc) is 2.89. The van der Waals surface area contributed by atoms with Gasteiger partial charge >= 0.3 is 0 Å². The second-order valence-corrected chi connectivity index (χ2v) is 9.31. The van der Waals surface area contributed by atoms with Gasteiger partial charge < -0.3 is 9.88 Å². The van der Waals surface area contributed by atoms with Gasteiger partial charge in [0, 0.05) is 43.4 Å². The summed E-state index contributed by atoms with van der Waals surface area (Å²) in [7, 11) is -3.27. The van der Waals surface area contributed by atoms with Gasteiger partial charge in [-0.1, -0.05) is 6.92 Å². The smallest absolute Gasteiger partial charge is 0.254 e. The topological polar surface area (TPSA) is 103 Å². The van der Waals surface area contributed by atoms with E-state index >= 15 is 0 Å². The zero-order valence-corrected chi connectivity index (χ0v) is 16.3. The molecular formula is C17H26N4O4S. The Bertz CT molecular complexity index is 864. The highest BCUT2D eigenvalue weighted by Gasteiger charge is 2.39. The number of carbonyl (C=O) groups excluding carboxylic acids is 1.